The Morgan fingerprint density at radius 2 is 2.04 bits per heavy atom. The van der Waals surface area contributed by atoms with E-state index in [1.54, 1.807) is 23.2 Å². The Hall–Kier alpha value is -2.61. The van der Waals surface area contributed by atoms with Gasteiger partial charge >= 0.3 is 0 Å². The highest BCUT2D eigenvalue weighted by Gasteiger charge is 2.24. The van der Waals surface area contributed by atoms with E-state index in [2.05, 4.69) is 20.3 Å². The van der Waals surface area contributed by atoms with E-state index in [0.29, 0.717) is 30.3 Å². The quantitative estimate of drug-likeness (QED) is 0.858. The Balaban J connectivity index is 1.57. The summed E-state index contributed by atoms with van der Waals surface area (Å²) in [6, 6.07) is 3.91. The first-order valence-corrected chi connectivity index (χ1v) is 9.41. The van der Waals surface area contributed by atoms with E-state index in [0.717, 1.165) is 32.1 Å². The molecule has 1 saturated heterocycles. The van der Waals surface area contributed by atoms with Crippen molar-refractivity contribution >= 4 is 17.7 Å². The third-order valence-electron chi connectivity index (χ3n) is 5.22. The summed E-state index contributed by atoms with van der Waals surface area (Å²) in [7, 11) is 0. The number of nitrogens with two attached hydrogens (primary N) is 1. The Bertz CT molecular complexity index is 837. The Labute approximate surface area is 157 Å². The highest BCUT2D eigenvalue weighted by Crippen LogP contribution is 2.27. The molecule has 142 valence electrons. The van der Waals surface area contributed by atoms with Crippen molar-refractivity contribution in [3.63, 3.8) is 0 Å². The molecule has 0 aromatic carbocycles. The zero-order valence-electron chi connectivity index (χ0n) is 15.1. The third-order valence-corrected chi connectivity index (χ3v) is 5.22. The van der Waals surface area contributed by atoms with Crippen LogP contribution in [0.3, 0.4) is 0 Å². The van der Waals surface area contributed by atoms with Crippen molar-refractivity contribution in [3.8, 4) is 11.3 Å². The highest BCUT2D eigenvalue weighted by molar-refractivity contribution is 5.94. The number of anilines is 2. The molecule has 0 spiro atoms. The van der Waals surface area contributed by atoms with Crippen LogP contribution >= 0.6 is 0 Å². The first-order valence-electron chi connectivity index (χ1n) is 9.41. The lowest BCUT2D eigenvalue weighted by molar-refractivity contribution is -0.117. The Morgan fingerprint density at radius 3 is 2.78 bits per heavy atom. The Morgan fingerprint density at radius 1 is 1.22 bits per heavy atom. The van der Waals surface area contributed by atoms with Gasteiger partial charge in [0.1, 0.15) is 11.5 Å². The zero-order chi connectivity index (χ0) is 18.8. The summed E-state index contributed by atoms with van der Waals surface area (Å²) >= 11 is 0. The fourth-order valence-corrected chi connectivity index (χ4v) is 3.69. The molecule has 2 aromatic rings. The maximum Gasteiger partial charge on any atom is 0.228 e. The van der Waals surface area contributed by atoms with Gasteiger partial charge in [0.15, 0.2) is 5.82 Å². The number of halogens is 1. The second kappa shape index (κ2) is 7.56. The number of nitrogens with zero attached hydrogens (tertiary/aromatic N) is 4. The first kappa shape index (κ1) is 17.8. The molecule has 0 bridgehead atoms. The predicted octanol–water partition coefficient (Wildman–Crippen LogP) is 2.49. The van der Waals surface area contributed by atoms with Crippen LogP contribution < -0.4 is 16.0 Å². The van der Waals surface area contributed by atoms with Crippen LogP contribution in [0.15, 0.2) is 24.5 Å². The van der Waals surface area contributed by atoms with Crippen LogP contribution in [0.1, 0.15) is 38.5 Å². The van der Waals surface area contributed by atoms with Crippen LogP contribution in [0.2, 0.25) is 0 Å². The van der Waals surface area contributed by atoms with Gasteiger partial charge in [0, 0.05) is 36.8 Å². The first-order chi connectivity index (χ1) is 13.1. The summed E-state index contributed by atoms with van der Waals surface area (Å²) in [5.41, 5.74) is 6.72. The molecule has 1 aliphatic heterocycles. The molecular weight excluding hydrogens is 347 g/mol. The van der Waals surface area contributed by atoms with Crippen LogP contribution in [0.4, 0.5) is 16.2 Å². The number of hydrogen-bond donors (Lipinski definition) is 2. The summed E-state index contributed by atoms with van der Waals surface area (Å²) in [4.78, 5) is 26.3. The highest BCUT2D eigenvalue weighted by atomic mass is 19.1. The van der Waals surface area contributed by atoms with Crippen molar-refractivity contribution in [2.24, 2.45) is 5.73 Å². The van der Waals surface area contributed by atoms with Crippen molar-refractivity contribution in [2.45, 2.75) is 50.6 Å². The average Bonchev–Trinajstić information content (AvgIpc) is 3.11. The van der Waals surface area contributed by atoms with Crippen LogP contribution in [-0.4, -0.2) is 39.5 Å². The van der Waals surface area contributed by atoms with E-state index in [-0.39, 0.29) is 23.7 Å². The summed E-state index contributed by atoms with van der Waals surface area (Å²) in [6.45, 7) is 0.637. The second-order valence-corrected chi connectivity index (χ2v) is 7.20. The number of amides is 1. The van der Waals surface area contributed by atoms with Crippen molar-refractivity contribution in [1.82, 2.24) is 15.0 Å². The average molecular weight is 370 g/mol. The fourth-order valence-electron chi connectivity index (χ4n) is 3.69. The fraction of sp³-hybridized carbons (Fsp3) is 0.474. The van der Waals surface area contributed by atoms with Gasteiger partial charge in [-0.05, 0) is 44.2 Å². The van der Waals surface area contributed by atoms with E-state index >= 15 is 0 Å². The molecule has 2 fully saturated rings. The number of aromatic nitrogens is 3. The van der Waals surface area contributed by atoms with E-state index < -0.39 is 5.82 Å². The lowest BCUT2D eigenvalue weighted by Gasteiger charge is -2.26. The van der Waals surface area contributed by atoms with Gasteiger partial charge in [-0.15, -0.1) is 0 Å². The summed E-state index contributed by atoms with van der Waals surface area (Å²) in [5.74, 6) is 0.475. The molecule has 2 aromatic heterocycles. The van der Waals surface area contributed by atoms with Crippen LogP contribution in [0, 0.1) is 5.82 Å². The number of pyridine rings is 1. The minimum Gasteiger partial charge on any atom is -0.351 e. The van der Waals surface area contributed by atoms with Crippen LogP contribution in [-0.2, 0) is 4.79 Å². The van der Waals surface area contributed by atoms with Gasteiger partial charge in [0.25, 0.3) is 0 Å². The lowest BCUT2D eigenvalue weighted by atomic mass is 9.92. The maximum absolute atomic E-state index is 14.4. The maximum atomic E-state index is 14.4. The molecule has 7 nitrogen and oxygen atoms in total. The minimum atomic E-state index is -0.504. The van der Waals surface area contributed by atoms with Crippen LogP contribution in [0.5, 0.6) is 0 Å². The van der Waals surface area contributed by atoms with E-state index in [1.165, 1.54) is 6.20 Å². The molecular formula is C19H23FN6O. The smallest absolute Gasteiger partial charge is 0.228 e. The van der Waals surface area contributed by atoms with E-state index in [1.807, 2.05) is 0 Å². The van der Waals surface area contributed by atoms with Crippen molar-refractivity contribution in [3.05, 3.63) is 30.3 Å². The number of carbonyl (C=O) groups is 1. The monoisotopic (exact) mass is 370 g/mol. The molecule has 3 heterocycles. The zero-order valence-corrected chi connectivity index (χ0v) is 15.1. The molecule has 1 aliphatic carbocycles. The second-order valence-electron chi connectivity index (χ2n) is 7.20. The van der Waals surface area contributed by atoms with Gasteiger partial charge in [-0.1, -0.05) is 0 Å². The number of rotatable bonds is 4. The summed E-state index contributed by atoms with van der Waals surface area (Å²) in [5, 5.41) is 3.29. The Kier molecular flexibility index (Phi) is 4.98. The molecule has 8 heteroatoms. The lowest BCUT2D eigenvalue weighted by Crippen LogP contribution is -2.33. The largest absolute Gasteiger partial charge is 0.351 e. The van der Waals surface area contributed by atoms with Gasteiger partial charge in [0.05, 0.1) is 6.20 Å². The van der Waals surface area contributed by atoms with Gasteiger partial charge in [-0.3, -0.25) is 9.69 Å². The molecule has 0 unspecified atom stereocenters. The molecule has 0 radical (unpaired) electrons. The van der Waals surface area contributed by atoms with Crippen molar-refractivity contribution < 1.29 is 9.18 Å². The number of carbonyl (C=O) groups excluding carboxylic acids is 1. The van der Waals surface area contributed by atoms with Crippen molar-refractivity contribution in [1.29, 1.82) is 0 Å². The molecule has 4 rings (SSSR count). The predicted molar refractivity (Wildman–Crippen MR) is 101 cm³/mol. The minimum absolute atomic E-state index is 0.0423. The summed E-state index contributed by atoms with van der Waals surface area (Å²) < 4.78 is 14.4. The standard InChI is InChI=1S/C19H23FN6O/c20-15-11-23-19(24-14-5-3-13(21)4-6-14)25-18(15)12-7-8-22-16(10-12)26-9-1-2-17(26)27/h7-8,10-11,13-14H,1-6,9,21H2,(H,23,24,25). The van der Waals surface area contributed by atoms with Crippen LogP contribution in [0.25, 0.3) is 11.3 Å². The molecule has 1 amide bonds. The van der Waals surface area contributed by atoms with Gasteiger partial charge in [0.2, 0.25) is 11.9 Å². The van der Waals surface area contributed by atoms with E-state index in [4.69, 9.17) is 5.73 Å². The topological polar surface area (TPSA) is 97.0 Å². The van der Waals surface area contributed by atoms with Gasteiger partial charge < -0.3 is 11.1 Å². The normalized spacial score (nSPS) is 22.9. The molecule has 0 atom stereocenters. The number of nitrogens with one attached hydrogen (secondary N) is 1. The van der Waals surface area contributed by atoms with Crippen molar-refractivity contribution in [2.75, 3.05) is 16.8 Å². The van der Waals surface area contributed by atoms with E-state index in [9.17, 15) is 9.18 Å². The molecule has 2 aliphatic rings. The molecule has 27 heavy (non-hydrogen) atoms. The molecule has 3 N–H and O–H groups in total. The molecule has 1 saturated carbocycles. The SMILES string of the molecule is NC1CCC(Nc2ncc(F)c(-c3ccnc(N4CCCC4=O)c3)n2)CC1. The van der Waals surface area contributed by atoms with Gasteiger partial charge in [-0.25, -0.2) is 19.3 Å². The van der Waals surface area contributed by atoms with Gasteiger partial charge in [-0.2, -0.15) is 0 Å². The number of hydrogen-bond acceptors (Lipinski definition) is 6. The third kappa shape index (κ3) is 3.90. The summed E-state index contributed by atoms with van der Waals surface area (Å²) in [6.07, 6.45) is 7.92.